The monoisotopic (exact) mass is 240 g/mol. The molecule has 0 atom stereocenters. The average molecular weight is 240 g/mol. The van der Waals surface area contributed by atoms with Crippen molar-refractivity contribution < 1.29 is 17.6 Å². The van der Waals surface area contributed by atoms with E-state index >= 15 is 0 Å². The zero-order valence-electron chi connectivity index (χ0n) is 8.42. The summed E-state index contributed by atoms with van der Waals surface area (Å²) in [5.41, 5.74) is -0.236. The summed E-state index contributed by atoms with van der Waals surface area (Å²) in [5, 5.41) is 0. The fourth-order valence-corrected chi connectivity index (χ4v) is 1.33. The Bertz CT molecular complexity index is 517. The quantitative estimate of drug-likeness (QED) is 0.692. The van der Waals surface area contributed by atoms with Crippen LogP contribution in [-0.4, -0.2) is 4.98 Å². The van der Waals surface area contributed by atoms with Gasteiger partial charge in [0.05, 0.1) is 11.8 Å². The standard InChI is InChI=1S/C12H6F4N/c13-11-3-1-8(2-4-11)9-5-10(7-17-6-9)12(14,15)16/h1-5,7H. The number of benzene rings is 1. The second-order valence-electron chi connectivity index (χ2n) is 3.39. The third-order valence-corrected chi connectivity index (χ3v) is 2.17. The number of nitrogens with zero attached hydrogens (tertiary/aromatic N) is 1. The molecular formula is C12H6F4N. The van der Waals surface area contributed by atoms with Crippen LogP contribution in [0.1, 0.15) is 5.56 Å². The molecule has 1 radical (unpaired) electrons. The van der Waals surface area contributed by atoms with E-state index in [0.717, 1.165) is 6.07 Å². The molecule has 2 aromatic rings. The van der Waals surface area contributed by atoms with Crippen molar-refractivity contribution in [2.75, 3.05) is 0 Å². The first-order valence-corrected chi connectivity index (χ1v) is 4.68. The van der Waals surface area contributed by atoms with Gasteiger partial charge in [-0.05, 0) is 23.8 Å². The molecule has 1 aromatic carbocycles. The molecule has 1 nitrogen and oxygen atoms in total. The minimum atomic E-state index is -4.45. The topological polar surface area (TPSA) is 12.9 Å². The molecule has 1 heterocycles. The van der Waals surface area contributed by atoms with Crippen LogP contribution in [0, 0.1) is 12.0 Å². The van der Waals surface area contributed by atoms with Crippen LogP contribution in [0.25, 0.3) is 11.1 Å². The van der Waals surface area contributed by atoms with E-state index in [-0.39, 0.29) is 5.56 Å². The molecular weight excluding hydrogens is 234 g/mol. The number of hydrogen-bond donors (Lipinski definition) is 0. The summed E-state index contributed by atoms with van der Waals surface area (Å²) in [6.07, 6.45) is -1.30. The molecule has 5 heteroatoms. The van der Waals surface area contributed by atoms with Gasteiger partial charge in [-0.15, -0.1) is 0 Å². The minimum Gasteiger partial charge on any atom is -0.253 e. The van der Waals surface area contributed by atoms with Gasteiger partial charge in [-0.25, -0.2) is 4.39 Å². The zero-order chi connectivity index (χ0) is 12.5. The van der Waals surface area contributed by atoms with Crippen molar-refractivity contribution in [1.82, 2.24) is 4.98 Å². The van der Waals surface area contributed by atoms with Crippen molar-refractivity contribution >= 4 is 0 Å². The van der Waals surface area contributed by atoms with Gasteiger partial charge < -0.3 is 0 Å². The van der Waals surface area contributed by atoms with Gasteiger partial charge in [0, 0.05) is 11.8 Å². The molecule has 0 N–H and O–H groups in total. The van der Waals surface area contributed by atoms with Crippen LogP contribution in [0.2, 0.25) is 0 Å². The predicted octanol–water partition coefficient (Wildman–Crippen LogP) is 3.71. The van der Waals surface area contributed by atoms with Gasteiger partial charge in [-0.3, -0.25) is 4.98 Å². The zero-order valence-corrected chi connectivity index (χ0v) is 8.42. The van der Waals surface area contributed by atoms with Gasteiger partial charge in [-0.1, -0.05) is 12.1 Å². The molecule has 0 bridgehead atoms. The summed E-state index contributed by atoms with van der Waals surface area (Å²) in [4.78, 5) is 3.41. The Morgan fingerprint density at radius 1 is 1.06 bits per heavy atom. The Kier molecular flexibility index (Phi) is 2.83. The lowest BCUT2D eigenvalue weighted by Crippen LogP contribution is -2.05. The van der Waals surface area contributed by atoms with E-state index in [1.807, 2.05) is 0 Å². The van der Waals surface area contributed by atoms with Crippen LogP contribution < -0.4 is 0 Å². The van der Waals surface area contributed by atoms with Crippen molar-refractivity contribution in [2.45, 2.75) is 6.18 Å². The van der Waals surface area contributed by atoms with Crippen molar-refractivity contribution in [3.05, 3.63) is 54.1 Å². The highest BCUT2D eigenvalue weighted by Crippen LogP contribution is 2.31. The molecule has 0 aliphatic rings. The molecule has 0 saturated heterocycles. The molecule has 1 aromatic heterocycles. The van der Waals surface area contributed by atoms with Crippen LogP contribution in [0.5, 0.6) is 0 Å². The molecule has 0 fully saturated rings. The minimum absolute atomic E-state index is 0.180. The van der Waals surface area contributed by atoms with Crippen LogP contribution in [0.3, 0.4) is 0 Å². The summed E-state index contributed by atoms with van der Waals surface area (Å²) in [6.45, 7) is 0. The number of pyridine rings is 1. The van der Waals surface area contributed by atoms with Crippen molar-refractivity contribution in [3.8, 4) is 11.1 Å². The highest BCUT2D eigenvalue weighted by atomic mass is 19.4. The Labute approximate surface area is 94.7 Å². The number of halogens is 4. The highest BCUT2D eigenvalue weighted by molar-refractivity contribution is 5.62. The second kappa shape index (κ2) is 4.16. The Morgan fingerprint density at radius 2 is 1.71 bits per heavy atom. The summed E-state index contributed by atoms with van der Waals surface area (Å²) in [6, 6.07) is 6.03. The van der Waals surface area contributed by atoms with E-state index in [4.69, 9.17) is 0 Å². The number of alkyl halides is 3. The third-order valence-electron chi connectivity index (χ3n) is 2.17. The van der Waals surface area contributed by atoms with E-state index in [9.17, 15) is 17.6 Å². The third kappa shape index (κ3) is 2.61. The van der Waals surface area contributed by atoms with E-state index in [1.54, 1.807) is 0 Å². The van der Waals surface area contributed by atoms with Crippen molar-refractivity contribution in [1.29, 1.82) is 0 Å². The van der Waals surface area contributed by atoms with E-state index in [2.05, 4.69) is 11.2 Å². The molecule has 0 amide bonds. The first-order valence-electron chi connectivity index (χ1n) is 4.68. The Morgan fingerprint density at radius 3 is 2.29 bits per heavy atom. The van der Waals surface area contributed by atoms with E-state index in [0.29, 0.717) is 11.8 Å². The van der Waals surface area contributed by atoms with E-state index in [1.165, 1.54) is 24.3 Å². The van der Waals surface area contributed by atoms with Gasteiger partial charge in [0.25, 0.3) is 0 Å². The first kappa shape index (κ1) is 11.6. The maximum Gasteiger partial charge on any atom is 0.417 e. The number of hydrogen-bond acceptors (Lipinski definition) is 1. The summed E-state index contributed by atoms with van der Waals surface area (Å²) in [7, 11) is 0. The van der Waals surface area contributed by atoms with Crippen molar-refractivity contribution in [2.24, 2.45) is 0 Å². The van der Waals surface area contributed by atoms with Crippen molar-refractivity contribution in [3.63, 3.8) is 0 Å². The average Bonchev–Trinajstić information content (AvgIpc) is 2.29. The maximum atomic E-state index is 12.7. The summed E-state index contributed by atoms with van der Waals surface area (Å²) >= 11 is 0. The van der Waals surface area contributed by atoms with E-state index < -0.39 is 17.6 Å². The van der Waals surface area contributed by atoms with Gasteiger partial charge in [0.2, 0.25) is 0 Å². The molecule has 0 saturated carbocycles. The molecule has 0 spiro atoms. The number of aromatic nitrogens is 1. The summed E-state index contributed by atoms with van der Waals surface area (Å²) in [5.74, 6) is -0.450. The van der Waals surface area contributed by atoms with Crippen LogP contribution >= 0.6 is 0 Å². The van der Waals surface area contributed by atoms with Gasteiger partial charge in [0.1, 0.15) is 5.82 Å². The predicted molar refractivity (Wildman–Crippen MR) is 53.5 cm³/mol. The van der Waals surface area contributed by atoms with Gasteiger partial charge in [0.15, 0.2) is 0 Å². The molecule has 2 rings (SSSR count). The highest BCUT2D eigenvalue weighted by Gasteiger charge is 2.31. The Hall–Kier alpha value is -1.91. The van der Waals surface area contributed by atoms with Crippen LogP contribution in [0.4, 0.5) is 17.6 Å². The normalized spacial score (nSPS) is 11.5. The molecule has 0 aliphatic heterocycles. The largest absolute Gasteiger partial charge is 0.417 e. The lowest BCUT2D eigenvalue weighted by Gasteiger charge is -2.07. The van der Waals surface area contributed by atoms with Crippen LogP contribution in [0.15, 0.2) is 36.5 Å². The molecule has 0 aliphatic carbocycles. The molecule has 0 unspecified atom stereocenters. The summed E-state index contributed by atoms with van der Waals surface area (Å²) < 4.78 is 50.0. The fourth-order valence-electron chi connectivity index (χ4n) is 1.33. The first-order chi connectivity index (χ1) is 7.97. The lowest BCUT2D eigenvalue weighted by atomic mass is 10.1. The number of rotatable bonds is 1. The second-order valence-corrected chi connectivity index (χ2v) is 3.39. The lowest BCUT2D eigenvalue weighted by molar-refractivity contribution is -0.137. The maximum absolute atomic E-state index is 12.7. The van der Waals surface area contributed by atoms with Gasteiger partial charge in [-0.2, -0.15) is 13.2 Å². The fraction of sp³-hybridized carbons (Fsp3) is 0.0833. The molecule has 17 heavy (non-hydrogen) atoms. The molecule has 87 valence electrons. The van der Waals surface area contributed by atoms with Crippen LogP contribution in [-0.2, 0) is 6.18 Å². The van der Waals surface area contributed by atoms with Gasteiger partial charge >= 0.3 is 6.18 Å². The Balaban J connectivity index is 2.43. The SMILES string of the molecule is Fc1ccc(-c2[c]ncc(C(F)(F)F)c2)cc1. The smallest absolute Gasteiger partial charge is 0.253 e.